The Bertz CT molecular complexity index is 771. The third-order valence-corrected chi connectivity index (χ3v) is 5.55. The van der Waals surface area contributed by atoms with E-state index in [1.807, 2.05) is 26.0 Å². The highest BCUT2D eigenvalue weighted by Crippen LogP contribution is 2.34. The van der Waals surface area contributed by atoms with Gasteiger partial charge in [0.15, 0.2) is 0 Å². The predicted molar refractivity (Wildman–Crippen MR) is 110 cm³/mol. The molecule has 0 spiro atoms. The van der Waals surface area contributed by atoms with E-state index in [0.29, 0.717) is 29.9 Å². The molecule has 0 fully saturated rings. The minimum Gasteiger partial charge on any atom is -0.398 e. The second-order valence-electron chi connectivity index (χ2n) is 6.61. The van der Waals surface area contributed by atoms with E-state index in [1.165, 1.54) is 6.21 Å². The number of carbonyl (C=O) groups excluding carboxylic acids is 1. The Morgan fingerprint density at radius 2 is 2.19 bits per heavy atom. The molecule has 0 saturated carbocycles. The molecule has 3 atom stereocenters. The third kappa shape index (κ3) is 4.47. The van der Waals surface area contributed by atoms with Gasteiger partial charge >= 0.3 is 0 Å². The number of anilines is 2. The van der Waals surface area contributed by atoms with Gasteiger partial charge in [-0.3, -0.25) is 4.79 Å². The van der Waals surface area contributed by atoms with Gasteiger partial charge in [0.2, 0.25) is 5.91 Å². The van der Waals surface area contributed by atoms with Crippen LogP contribution in [0.1, 0.15) is 24.5 Å². The van der Waals surface area contributed by atoms with Crippen LogP contribution in [-0.4, -0.2) is 28.9 Å². The molecule has 3 unspecified atom stereocenters. The first-order valence-electron chi connectivity index (χ1n) is 8.35. The molecule has 0 aromatic heterocycles. The van der Waals surface area contributed by atoms with Crippen molar-refractivity contribution in [3.63, 3.8) is 0 Å². The number of nitrogen functional groups attached to an aromatic ring is 1. The molecule has 0 saturated heterocycles. The number of hydrogen-bond acceptors (Lipinski definition) is 4. The zero-order valence-electron chi connectivity index (χ0n) is 14.9. The maximum absolute atomic E-state index is 12.9. The van der Waals surface area contributed by atoms with Gasteiger partial charge in [-0.15, -0.1) is 23.2 Å². The Morgan fingerprint density at radius 1 is 1.50 bits per heavy atom. The predicted octanol–water partition coefficient (Wildman–Crippen LogP) is 3.58. The first kappa shape index (κ1) is 20.5. The largest absolute Gasteiger partial charge is 0.398 e. The highest BCUT2D eigenvalue weighted by Gasteiger charge is 2.32. The molecule has 1 aliphatic carbocycles. The summed E-state index contributed by atoms with van der Waals surface area (Å²) in [6, 6.07) is 3.46. The molecule has 1 aromatic rings. The monoisotopic (exact) mass is 394 g/mol. The molecule has 140 valence electrons. The van der Waals surface area contributed by atoms with Crippen molar-refractivity contribution in [2.75, 3.05) is 17.6 Å². The fraction of sp³-hybridized carbons (Fsp3) is 0.368. The molecule has 0 radical (unpaired) electrons. The topological polar surface area (TPSA) is 105 Å². The summed E-state index contributed by atoms with van der Waals surface area (Å²) in [6.07, 6.45) is 7.10. The smallest absolute Gasteiger partial charge is 0.231 e. The third-order valence-electron chi connectivity index (χ3n) is 4.50. The van der Waals surface area contributed by atoms with Gasteiger partial charge in [0.05, 0.1) is 16.2 Å². The van der Waals surface area contributed by atoms with Crippen LogP contribution in [0.2, 0.25) is 0 Å². The van der Waals surface area contributed by atoms with Gasteiger partial charge in [0.1, 0.15) is 0 Å². The lowest BCUT2D eigenvalue weighted by atomic mass is 9.87. The number of allylic oxidation sites excluding steroid dienone is 3. The summed E-state index contributed by atoms with van der Waals surface area (Å²) in [4.78, 5) is 12.2. The van der Waals surface area contributed by atoms with Crippen LogP contribution < -0.4 is 16.8 Å². The SMILES string of the molecule is Cc1cc(NC(=O)C(CCN)C2=CC(Cl)C(C)(Cl)C=C2)cc(C=N)c1N. The van der Waals surface area contributed by atoms with E-state index in [0.717, 1.165) is 11.1 Å². The van der Waals surface area contributed by atoms with Gasteiger partial charge in [0, 0.05) is 23.2 Å². The van der Waals surface area contributed by atoms with E-state index >= 15 is 0 Å². The van der Waals surface area contributed by atoms with Crippen molar-refractivity contribution in [3.8, 4) is 0 Å². The van der Waals surface area contributed by atoms with Gasteiger partial charge in [-0.05, 0) is 50.1 Å². The summed E-state index contributed by atoms with van der Waals surface area (Å²) >= 11 is 12.7. The van der Waals surface area contributed by atoms with Crippen LogP contribution in [0.4, 0.5) is 11.4 Å². The zero-order chi connectivity index (χ0) is 19.5. The molecule has 0 heterocycles. The van der Waals surface area contributed by atoms with E-state index in [4.69, 9.17) is 40.1 Å². The van der Waals surface area contributed by atoms with Crippen molar-refractivity contribution in [1.82, 2.24) is 0 Å². The Hall–Kier alpha value is -1.82. The molecule has 1 aliphatic rings. The molecule has 6 N–H and O–H groups in total. The maximum Gasteiger partial charge on any atom is 0.231 e. The normalized spacial score (nSPS) is 23.3. The highest BCUT2D eigenvalue weighted by molar-refractivity contribution is 6.34. The van der Waals surface area contributed by atoms with E-state index in [9.17, 15) is 4.79 Å². The molecule has 1 aromatic carbocycles. The molecule has 2 rings (SSSR count). The van der Waals surface area contributed by atoms with Crippen LogP contribution in [0, 0.1) is 18.3 Å². The van der Waals surface area contributed by atoms with Gasteiger partial charge < -0.3 is 22.2 Å². The number of nitrogens with one attached hydrogen (secondary N) is 2. The van der Waals surface area contributed by atoms with E-state index in [2.05, 4.69) is 5.32 Å². The van der Waals surface area contributed by atoms with Crippen LogP contribution in [0.5, 0.6) is 0 Å². The molecule has 1 amide bonds. The van der Waals surface area contributed by atoms with Gasteiger partial charge in [-0.25, -0.2) is 0 Å². The summed E-state index contributed by atoms with van der Waals surface area (Å²) in [5.41, 5.74) is 14.9. The van der Waals surface area contributed by atoms with Crippen molar-refractivity contribution in [2.45, 2.75) is 30.5 Å². The molecule has 7 heteroatoms. The number of carbonyl (C=O) groups is 1. The van der Waals surface area contributed by atoms with Crippen molar-refractivity contribution in [3.05, 3.63) is 47.1 Å². The van der Waals surface area contributed by atoms with Crippen LogP contribution in [-0.2, 0) is 4.79 Å². The Kier molecular flexibility index (Phi) is 6.50. The Labute approximate surface area is 163 Å². The quantitative estimate of drug-likeness (QED) is 0.336. The maximum atomic E-state index is 12.9. The fourth-order valence-corrected chi connectivity index (χ4v) is 3.18. The summed E-state index contributed by atoms with van der Waals surface area (Å²) in [5.74, 6) is -0.625. The van der Waals surface area contributed by atoms with Crippen molar-refractivity contribution < 1.29 is 4.79 Å². The minimum absolute atomic E-state index is 0.187. The lowest BCUT2D eigenvalue weighted by molar-refractivity contribution is -0.118. The summed E-state index contributed by atoms with van der Waals surface area (Å²) in [7, 11) is 0. The number of amides is 1. The number of benzene rings is 1. The number of aryl methyl sites for hydroxylation is 1. The second-order valence-corrected chi connectivity index (χ2v) is 7.90. The molecule has 26 heavy (non-hydrogen) atoms. The number of rotatable bonds is 6. The van der Waals surface area contributed by atoms with Gasteiger partial charge in [0.25, 0.3) is 0 Å². The molecule has 0 aliphatic heterocycles. The standard InChI is InChI=1S/C19H24Cl2N4O/c1-11-7-14(8-13(10-23)17(11)24)25-18(26)15(4-6-22)12-3-5-19(2,21)16(20)9-12/h3,5,7-10,15-16,23H,4,6,22,24H2,1-2H3,(H,25,26). The number of hydrogen-bond donors (Lipinski definition) is 4. The molecular formula is C19H24Cl2N4O. The summed E-state index contributed by atoms with van der Waals surface area (Å²) in [5, 5.41) is 9.93. The van der Waals surface area contributed by atoms with E-state index in [1.54, 1.807) is 18.2 Å². The van der Waals surface area contributed by atoms with Crippen LogP contribution in [0.3, 0.4) is 0 Å². The fourth-order valence-electron chi connectivity index (χ4n) is 2.83. The molecular weight excluding hydrogens is 371 g/mol. The number of halogens is 2. The molecule has 0 bridgehead atoms. The van der Waals surface area contributed by atoms with Crippen molar-refractivity contribution in [2.24, 2.45) is 11.7 Å². The Balaban J connectivity index is 2.26. The van der Waals surface area contributed by atoms with E-state index in [-0.39, 0.29) is 5.91 Å². The van der Waals surface area contributed by atoms with Crippen LogP contribution in [0.15, 0.2) is 35.9 Å². The van der Waals surface area contributed by atoms with Crippen LogP contribution >= 0.6 is 23.2 Å². The van der Waals surface area contributed by atoms with Crippen molar-refractivity contribution >= 4 is 46.7 Å². The lowest BCUT2D eigenvalue weighted by Gasteiger charge is -2.28. The zero-order valence-corrected chi connectivity index (χ0v) is 16.4. The van der Waals surface area contributed by atoms with Crippen molar-refractivity contribution in [1.29, 1.82) is 5.41 Å². The number of alkyl halides is 2. The average Bonchev–Trinajstić information content (AvgIpc) is 2.58. The summed E-state index contributed by atoms with van der Waals surface area (Å²) in [6.45, 7) is 4.02. The number of nitrogens with two attached hydrogens (primary N) is 2. The van der Waals surface area contributed by atoms with Crippen LogP contribution in [0.25, 0.3) is 0 Å². The molecule has 5 nitrogen and oxygen atoms in total. The summed E-state index contributed by atoms with van der Waals surface area (Å²) < 4.78 is 0. The lowest BCUT2D eigenvalue weighted by Crippen LogP contribution is -2.32. The first-order valence-corrected chi connectivity index (χ1v) is 9.16. The van der Waals surface area contributed by atoms with Gasteiger partial charge in [-0.2, -0.15) is 0 Å². The second kappa shape index (κ2) is 8.25. The average molecular weight is 395 g/mol. The highest BCUT2D eigenvalue weighted by atomic mass is 35.5. The first-order chi connectivity index (χ1) is 12.2. The van der Waals surface area contributed by atoms with E-state index < -0.39 is 16.2 Å². The Morgan fingerprint density at radius 3 is 2.77 bits per heavy atom. The minimum atomic E-state index is -0.679. The van der Waals surface area contributed by atoms with Gasteiger partial charge in [-0.1, -0.05) is 18.2 Å².